The quantitative estimate of drug-likeness (QED) is 0.0564. The molecule has 8 aromatic carbocycles. The highest BCUT2D eigenvalue weighted by Crippen LogP contribution is 2.52. The monoisotopic (exact) mass is 1110 g/mol. The molecule has 4 aliphatic heterocycles. The van der Waals surface area contributed by atoms with Gasteiger partial charge in [-0.1, -0.05) is 66.7 Å². The van der Waals surface area contributed by atoms with E-state index >= 15 is 0 Å². The van der Waals surface area contributed by atoms with E-state index in [-0.39, 0.29) is 88.5 Å². The van der Waals surface area contributed by atoms with Gasteiger partial charge >= 0.3 is 0 Å². The molecule has 0 spiro atoms. The van der Waals surface area contributed by atoms with Crippen LogP contribution in [0.15, 0.2) is 152 Å². The summed E-state index contributed by atoms with van der Waals surface area (Å²) in [4.78, 5) is 0. The number of aliphatic hydroxyl groups excluding tert-OH is 3. The average molecular weight is 1110 g/mol. The van der Waals surface area contributed by atoms with Crippen LogP contribution in [0, 0.1) is 13.8 Å². The molecule has 0 saturated heterocycles. The van der Waals surface area contributed by atoms with Crippen LogP contribution in [0.25, 0.3) is 0 Å². The number of aromatic hydroxyl groups is 9. The molecule has 18 heteroatoms. The van der Waals surface area contributed by atoms with E-state index in [4.69, 9.17) is 23.7 Å². The van der Waals surface area contributed by atoms with Gasteiger partial charge in [0.1, 0.15) is 46.9 Å². The number of aliphatic hydroxyl groups is 4. The molecule has 0 aromatic heterocycles. The third-order valence-corrected chi connectivity index (χ3v) is 15.1. The zero-order valence-corrected chi connectivity index (χ0v) is 44.2. The number of hydrogen-bond acceptors (Lipinski definition) is 18. The summed E-state index contributed by atoms with van der Waals surface area (Å²) >= 11 is 0. The zero-order valence-electron chi connectivity index (χ0n) is 44.2. The molecule has 0 radical (unpaired) electrons. The topological polar surface area (TPSA) is 309 Å². The maximum Gasteiger partial charge on any atom is 0.206 e. The number of phenolic OH excluding ortho intramolecular Hbond substituents is 9. The first kappa shape index (κ1) is 56.7. The first-order valence-corrected chi connectivity index (χ1v) is 25.8. The third kappa shape index (κ3) is 11.4. The minimum atomic E-state index is -1.64. The fourth-order valence-electron chi connectivity index (χ4n) is 10.4. The summed E-state index contributed by atoms with van der Waals surface area (Å²) in [5, 5.41) is 129. The average Bonchev–Trinajstić information content (AvgIpc) is 3.59. The van der Waals surface area contributed by atoms with E-state index in [0.29, 0.717) is 58.1 Å². The van der Waals surface area contributed by atoms with Gasteiger partial charge in [-0.05, 0) is 121 Å². The van der Waals surface area contributed by atoms with Crippen LogP contribution >= 0.6 is 0 Å². The van der Waals surface area contributed by atoms with Crippen molar-refractivity contribution < 1.29 is 90.1 Å². The highest BCUT2D eigenvalue weighted by molar-refractivity contribution is 5.59. The summed E-state index contributed by atoms with van der Waals surface area (Å²) in [6.07, 6.45) is -2.27. The molecule has 0 amide bonds. The van der Waals surface area contributed by atoms with E-state index < -0.39 is 35.8 Å². The van der Waals surface area contributed by atoms with Gasteiger partial charge < -0.3 is 90.1 Å². The van der Waals surface area contributed by atoms with Gasteiger partial charge in [-0.25, -0.2) is 0 Å². The van der Waals surface area contributed by atoms with Crippen molar-refractivity contribution in [2.24, 2.45) is 0 Å². The van der Waals surface area contributed by atoms with Gasteiger partial charge in [-0.2, -0.15) is 0 Å². The van der Waals surface area contributed by atoms with Crippen LogP contribution in [0.3, 0.4) is 0 Å². The fourth-order valence-corrected chi connectivity index (χ4v) is 10.4. The van der Waals surface area contributed by atoms with Crippen LogP contribution in [-0.2, 0) is 10.5 Å². The maximum atomic E-state index is 11.0. The van der Waals surface area contributed by atoms with Gasteiger partial charge in [0.15, 0.2) is 23.0 Å². The third-order valence-electron chi connectivity index (χ3n) is 15.1. The largest absolute Gasteiger partial charge is 0.508 e. The summed E-state index contributed by atoms with van der Waals surface area (Å²) in [6, 6.07) is 41.6. The molecule has 0 aliphatic carbocycles. The van der Waals surface area contributed by atoms with Gasteiger partial charge in [-0.3, -0.25) is 0 Å². The summed E-state index contributed by atoms with van der Waals surface area (Å²) in [6.45, 7) is 4.47. The molecule has 8 unspecified atom stereocenters. The lowest BCUT2D eigenvalue weighted by Gasteiger charge is -2.40. The Labute approximate surface area is 465 Å². The molecule has 4 heterocycles. The summed E-state index contributed by atoms with van der Waals surface area (Å²) in [5.41, 5.74) is 6.78. The number of benzene rings is 8. The minimum absolute atomic E-state index is 0.0477. The number of rotatable bonds is 5. The SMILES string of the molecule is COC1(O)c2ccc(O)c(O)c2OCC1c1ccccc1.Cc1c(O)ccc2c1OCC(c1ccc(O)cc1)C2O.Cc1c(O)ccc2c1OCC(c1cccc(O)c1)C2O.Oc1ccc(C2COc3c(ccc(O)c3O)C2O)cc1. The second-order valence-electron chi connectivity index (χ2n) is 20.0. The molecule has 8 atom stereocenters. The molecule has 12 rings (SSSR count). The van der Waals surface area contributed by atoms with Crippen LogP contribution in [0.5, 0.6) is 74.7 Å². The second kappa shape index (κ2) is 23.7. The van der Waals surface area contributed by atoms with Crippen LogP contribution in [-0.4, -0.2) is 99.9 Å². The van der Waals surface area contributed by atoms with E-state index in [1.165, 1.54) is 31.4 Å². The lowest BCUT2D eigenvalue weighted by Crippen LogP contribution is -2.42. The van der Waals surface area contributed by atoms with Gasteiger partial charge in [0, 0.05) is 52.7 Å². The Morgan fingerprint density at radius 3 is 1.28 bits per heavy atom. The molecule has 8 aromatic rings. The fraction of sp³-hybridized carbons (Fsp3) is 0.238. The Hall–Kier alpha value is -9.04. The van der Waals surface area contributed by atoms with Crippen molar-refractivity contribution in [2.75, 3.05) is 33.5 Å². The van der Waals surface area contributed by atoms with E-state index in [1.807, 2.05) is 36.4 Å². The lowest BCUT2D eigenvalue weighted by molar-refractivity contribution is -0.224. The number of phenols is 9. The van der Waals surface area contributed by atoms with Crippen molar-refractivity contribution in [1.29, 1.82) is 0 Å². The summed E-state index contributed by atoms with van der Waals surface area (Å²) in [5.74, 6) is -2.01. The first-order valence-electron chi connectivity index (χ1n) is 25.8. The molecule has 0 saturated carbocycles. The van der Waals surface area contributed by atoms with Crippen molar-refractivity contribution in [3.63, 3.8) is 0 Å². The van der Waals surface area contributed by atoms with E-state index in [0.717, 1.165) is 22.3 Å². The lowest BCUT2D eigenvalue weighted by atomic mass is 9.84. The molecule has 18 nitrogen and oxygen atoms in total. The van der Waals surface area contributed by atoms with E-state index in [1.54, 1.807) is 105 Å². The van der Waals surface area contributed by atoms with Crippen molar-refractivity contribution in [1.82, 2.24) is 0 Å². The summed E-state index contributed by atoms with van der Waals surface area (Å²) in [7, 11) is 1.40. The van der Waals surface area contributed by atoms with Crippen molar-refractivity contribution in [2.45, 2.75) is 61.6 Å². The maximum absolute atomic E-state index is 11.0. The highest BCUT2D eigenvalue weighted by Gasteiger charge is 2.47. The molecular formula is C63H62O18. The van der Waals surface area contributed by atoms with Crippen LogP contribution in [0.2, 0.25) is 0 Å². The van der Waals surface area contributed by atoms with Crippen molar-refractivity contribution >= 4 is 0 Å². The predicted octanol–water partition coefficient (Wildman–Crippen LogP) is 9.31. The Balaban J connectivity index is 0.000000130. The smallest absolute Gasteiger partial charge is 0.206 e. The van der Waals surface area contributed by atoms with Gasteiger partial charge in [-0.15, -0.1) is 0 Å². The number of hydrogen-bond donors (Lipinski definition) is 13. The Morgan fingerprint density at radius 2 is 0.802 bits per heavy atom. The number of ether oxygens (including phenoxy) is 5. The van der Waals surface area contributed by atoms with Crippen molar-refractivity contribution in [3.8, 4) is 74.7 Å². The summed E-state index contributed by atoms with van der Waals surface area (Å²) < 4.78 is 27.8. The molecule has 81 heavy (non-hydrogen) atoms. The number of fused-ring (bicyclic) bond motifs is 4. The van der Waals surface area contributed by atoms with E-state index in [2.05, 4.69) is 0 Å². The normalized spacial score (nSPS) is 21.9. The molecule has 13 N–H and O–H groups in total. The molecule has 0 fully saturated rings. The number of methoxy groups -OCH3 is 1. The molecular weight excluding hydrogens is 1040 g/mol. The van der Waals surface area contributed by atoms with Gasteiger partial charge in [0.2, 0.25) is 17.3 Å². The van der Waals surface area contributed by atoms with Gasteiger partial charge in [0.25, 0.3) is 0 Å². The molecule has 4 aliphatic rings. The zero-order chi connectivity index (χ0) is 57.9. The van der Waals surface area contributed by atoms with Crippen LogP contribution in [0.1, 0.15) is 97.6 Å². The first-order chi connectivity index (χ1) is 38.8. The van der Waals surface area contributed by atoms with Gasteiger partial charge in [0.05, 0.1) is 49.6 Å². The van der Waals surface area contributed by atoms with E-state index in [9.17, 15) is 66.4 Å². The Morgan fingerprint density at radius 1 is 0.395 bits per heavy atom. The molecule has 0 bridgehead atoms. The Bertz CT molecular complexity index is 3380. The van der Waals surface area contributed by atoms with Crippen LogP contribution in [0.4, 0.5) is 0 Å². The predicted molar refractivity (Wildman–Crippen MR) is 295 cm³/mol. The standard InChI is InChI=1S/C16H16O5.2C16H16O4.C15H14O5/c1-20-16(19)11-7-8-13(17)14(18)15(11)21-9-12(16)10-5-3-2-4-6-10;1-9-14(18)7-6-12-15(19)13(8-20-16(9)12)10-2-4-11(17)5-3-10;1-9-14(18)6-5-12-15(19)13(8-20-16(9)12)10-3-2-4-11(17)7-10;16-9-3-1-8(2-4-9)11-7-20-15-10(13(11)18)5-6-12(17)14(15)19/h2-8,12,17-19H,9H2,1H3;2*2-7,13,15,17-19H,8H2,1H3;1-6,11,13,16-19H,7H2. The minimum Gasteiger partial charge on any atom is -0.508 e. The highest BCUT2D eigenvalue weighted by atomic mass is 16.6. The van der Waals surface area contributed by atoms with Crippen LogP contribution < -0.4 is 18.9 Å². The Kier molecular flexibility index (Phi) is 16.6. The molecule has 422 valence electrons. The second-order valence-corrected chi connectivity index (χ2v) is 20.0. The van der Waals surface area contributed by atoms with Crippen molar-refractivity contribution in [3.05, 3.63) is 207 Å².